The Kier molecular flexibility index (Phi) is 8.79. The maximum atomic E-state index is 12.2. The SMILES string of the molecule is CC(=O)COC(=O)C(Cl)N1C(=O)C[C@@H]1SC=CC(=O)O[C@H]1CCC[C@](C)(C(C)C)C1. The molecule has 1 saturated carbocycles. The third-order valence-corrected chi connectivity index (χ3v) is 7.28. The second-order valence-electron chi connectivity index (χ2n) is 8.51. The number of esters is 2. The van der Waals surface area contributed by atoms with Crippen molar-refractivity contribution in [3.8, 4) is 0 Å². The number of likely N-dealkylation sites (tertiary alicyclic amines) is 1. The topological polar surface area (TPSA) is 90.0 Å². The number of Topliss-reactive ketones (excluding diaryl/α,β-unsaturated/α-hetero) is 1. The van der Waals surface area contributed by atoms with Gasteiger partial charge in [0.15, 0.2) is 5.78 Å². The fourth-order valence-corrected chi connectivity index (χ4v) is 4.97. The van der Waals surface area contributed by atoms with Gasteiger partial charge < -0.3 is 14.4 Å². The zero-order valence-electron chi connectivity index (χ0n) is 17.9. The molecule has 9 heteroatoms. The van der Waals surface area contributed by atoms with Gasteiger partial charge in [-0.2, -0.15) is 0 Å². The molecule has 0 aromatic rings. The molecule has 4 atom stereocenters. The first-order valence-corrected chi connectivity index (χ1v) is 11.6. The van der Waals surface area contributed by atoms with Crippen molar-refractivity contribution < 1.29 is 28.7 Å². The Morgan fingerprint density at radius 2 is 2.07 bits per heavy atom. The highest BCUT2D eigenvalue weighted by Gasteiger charge is 2.43. The Bertz CT molecular complexity index is 712. The van der Waals surface area contributed by atoms with Crippen molar-refractivity contribution in [2.45, 2.75) is 76.8 Å². The predicted octanol–water partition coefficient (Wildman–Crippen LogP) is 3.64. The number of carbonyl (C=O) groups is 4. The Morgan fingerprint density at radius 1 is 1.37 bits per heavy atom. The summed E-state index contributed by atoms with van der Waals surface area (Å²) in [7, 11) is 0. The minimum absolute atomic E-state index is 0.0849. The van der Waals surface area contributed by atoms with E-state index in [0.717, 1.165) is 25.7 Å². The number of hydrogen-bond acceptors (Lipinski definition) is 7. The first kappa shape index (κ1) is 24.7. The summed E-state index contributed by atoms with van der Waals surface area (Å²) in [4.78, 5) is 48.0. The van der Waals surface area contributed by atoms with Gasteiger partial charge in [0.05, 0.1) is 11.8 Å². The van der Waals surface area contributed by atoms with Crippen molar-refractivity contribution in [2.75, 3.05) is 6.61 Å². The first-order valence-electron chi connectivity index (χ1n) is 10.2. The molecule has 7 nitrogen and oxygen atoms in total. The Hall–Kier alpha value is -1.54. The fourth-order valence-electron chi connectivity index (χ4n) is 3.61. The second-order valence-corrected chi connectivity index (χ2v) is 10.0. The van der Waals surface area contributed by atoms with Gasteiger partial charge in [-0.25, -0.2) is 9.59 Å². The van der Waals surface area contributed by atoms with E-state index in [2.05, 4.69) is 20.8 Å². The average Bonchev–Trinajstić information content (AvgIpc) is 2.65. The van der Waals surface area contributed by atoms with Gasteiger partial charge in [-0.15, -0.1) is 11.8 Å². The highest BCUT2D eigenvalue weighted by molar-refractivity contribution is 8.02. The Balaban J connectivity index is 1.81. The summed E-state index contributed by atoms with van der Waals surface area (Å²) in [5.74, 6) is -1.35. The zero-order valence-corrected chi connectivity index (χ0v) is 19.5. The zero-order chi connectivity index (χ0) is 22.5. The van der Waals surface area contributed by atoms with E-state index in [4.69, 9.17) is 21.1 Å². The van der Waals surface area contributed by atoms with Crippen molar-refractivity contribution in [1.29, 1.82) is 0 Å². The lowest BCUT2D eigenvalue weighted by molar-refractivity contribution is -0.158. The number of amides is 1. The fraction of sp³-hybridized carbons (Fsp3) is 0.714. The maximum Gasteiger partial charge on any atom is 0.345 e. The molecule has 0 aromatic carbocycles. The molecule has 1 saturated heterocycles. The lowest BCUT2D eigenvalue weighted by Crippen LogP contribution is -2.56. The molecule has 0 radical (unpaired) electrons. The van der Waals surface area contributed by atoms with E-state index >= 15 is 0 Å². The lowest BCUT2D eigenvalue weighted by Gasteiger charge is -2.41. The number of ketones is 1. The van der Waals surface area contributed by atoms with E-state index in [1.807, 2.05) is 0 Å². The normalized spacial score (nSPS) is 27.7. The molecule has 1 heterocycles. The molecule has 2 fully saturated rings. The number of alkyl halides is 1. The van der Waals surface area contributed by atoms with Crippen LogP contribution in [-0.4, -0.2) is 52.1 Å². The molecule has 0 aromatic heterocycles. The van der Waals surface area contributed by atoms with Crippen LogP contribution in [0.25, 0.3) is 0 Å². The summed E-state index contributed by atoms with van der Waals surface area (Å²) < 4.78 is 10.4. The molecule has 2 rings (SSSR count). The van der Waals surface area contributed by atoms with Crippen molar-refractivity contribution in [1.82, 2.24) is 4.90 Å². The molecule has 168 valence electrons. The molecular formula is C21H30ClNO6S. The Morgan fingerprint density at radius 3 is 2.67 bits per heavy atom. The van der Waals surface area contributed by atoms with Crippen LogP contribution in [0.3, 0.4) is 0 Å². The highest BCUT2D eigenvalue weighted by atomic mass is 35.5. The molecule has 0 N–H and O–H groups in total. The minimum Gasteiger partial charge on any atom is -0.459 e. The summed E-state index contributed by atoms with van der Waals surface area (Å²) in [5, 5.41) is 1.18. The summed E-state index contributed by atoms with van der Waals surface area (Å²) >= 11 is 7.22. The molecule has 1 aliphatic heterocycles. The number of ether oxygens (including phenoxy) is 2. The minimum atomic E-state index is -1.31. The molecule has 0 bridgehead atoms. The summed E-state index contributed by atoms with van der Waals surface area (Å²) in [6, 6.07) is 0. The number of β-lactam (4-membered cyclic amide) rings is 1. The average molecular weight is 460 g/mol. The number of halogens is 1. The van der Waals surface area contributed by atoms with Crippen LogP contribution in [-0.2, 0) is 28.7 Å². The van der Waals surface area contributed by atoms with Crippen molar-refractivity contribution in [2.24, 2.45) is 11.3 Å². The largest absolute Gasteiger partial charge is 0.459 e. The molecule has 1 amide bonds. The van der Waals surface area contributed by atoms with Gasteiger partial charge in [0.2, 0.25) is 11.4 Å². The number of thioether (sulfide) groups is 1. The lowest BCUT2D eigenvalue weighted by atomic mass is 9.67. The van der Waals surface area contributed by atoms with Crippen molar-refractivity contribution in [3.63, 3.8) is 0 Å². The maximum absolute atomic E-state index is 12.2. The van der Waals surface area contributed by atoms with Crippen molar-refractivity contribution >= 4 is 47.0 Å². The van der Waals surface area contributed by atoms with Crippen LogP contribution in [0.2, 0.25) is 0 Å². The van der Waals surface area contributed by atoms with E-state index in [-0.39, 0.29) is 41.6 Å². The Labute approximate surface area is 186 Å². The van der Waals surface area contributed by atoms with Crippen LogP contribution in [0.15, 0.2) is 11.5 Å². The van der Waals surface area contributed by atoms with Gasteiger partial charge in [-0.1, -0.05) is 32.4 Å². The quantitative estimate of drug-likeness (QED) is 0.171. The number of rotatable bonds is 9. The van der Waals surface area contributed by atoms with Gasteiger partial charge in [0.1, 0.15) is 12.7 Å². The molecule has 2 aliphatic rings. The molecule has 0 spiro atoms. The summed E-state index contributed by atoms with van der Waals surface area (Å²) in [6.45, 7) is 7.55. The van der Waals surface area contributed by atoms with E-state index in [1.54, 1.807) is 5.41 Å². The van der Waals surface area contributed by atoms with Gasteiger partial charge >= 0.3 is 11.9 Å². The molecule has 1 aliphatic carbocycles. The van der Waals surface area contributed by atoms with Crippen molar-refractivity contribution in [3.05, 3.63) is 11.5 Å². The highest BCUT2D eigenvalue weighted by Crippen LogP contribution is 2.43. The number of carbonyl (C=O) groups excluding carboxylic acids is 4. The second kappa shape index (κ2) is 10.7. The predicted molar refractivity (Wildman–Crippen MR) is 115 cm³/mol. The van der Waals surface area contributed by atoms with Gasteiger partial charge in [0.25, 0.3) is 0 Å². The molecule has 30 heavy (non-hydrogen) atoms. The monoisotopic (exact) mass is 459 g/mol. The van der Waals surface area contributed by atoms with Crippen LogP contribution in [0.1, 0.15) is 59.8 Å². The smallest absolute Gasteiger partial charge is 0.345 e. The number of hydrogen-bond donors (Lipinski definition) is 0. The van der Waals surface area contributed by atoms with E-state index in [9.17, 15) is 19.2 Å². The van der Waals surface area contributed by atoms with Crippen LogP contribution >= 0.6 is 23.4 Å². The van der Waals surface area contributed by atoms with Gasteiger partial charge in [-0.3, -0.25) is 9.59 Å². The summed E-state index contributed by atoms with van der Waals surface area (Å²) in [5.41, 5.74) is -1.12. The number of nitrogens with zero attached hydrogens (tertiary/aromatic N) is 1. The van der Waals surface area contributed by atoms with Crippen LogP contribution in [0.5, 0.6) is 0 Å². The van der Waals surface area contributed by atoms with Crippen LogP contribution < -0.4 is 0 Å². The molecular weight excluding hydrogens is 430 g/mol. The van der Waals surface area contributed by atoms with E-state index in [0.29, 0.717) is 5.92 Å². The van der Waals surface area contributed by atoms with E-state index < -0.39 is 17.4 Å². The van der Waals surface area contributed by atoms with Gasteiger partial charge in [0, 0.05) is 6.08 Å². The molecule has 1 unspecified atom stereocenters. The standard InChI is InChI=1S/C21H30ClNO6S/c1-13(2)21(4)8-5-6-15(11-21)29-18(26)7-9-30-17-10-16(25)23(17)19(22)20(27)28-12-14(3)24/h7,9,13,15,17,19H,5-6,8,10-12H2,1-4H3/t15-,17-,19?,21-/m0/s1. The third-order valence-electron chi connectivity index (χ3n) is 5.89. The van der Waals surface area contributed by atoms with E-state index in [1.165, 1.54) is 29.7 Å². The third kappa shape index (κ3) is 6.48. The summed E-state index contributed by atoms with van der Waals surface area (Å²) in [6.07, 6.45) is 5.37. The van der Waals surface area contributed by atoms with Crippen LogP contribution in [0, 0.1) is 11.3 Å². The first-order chi connectivity index (χ1) is 14.0. The van der Waals surface area contributed by atoms with Gasteiger partial charge in [-0.05, 0) is 49.3 Å². The van der Waals surface area contributed by atoms with Crippen LogP contribution in [0.4, 0.5) is 0 Å².